The van der Waals surface area contributed by atoms with E-state index in [0.29, 0.717) is 12.1 Å². The normalized spacial score (nSPS) is 14.5. The highest BCUT2D eigenvalue weighted by atomic mass is 19.1. The zero-order valence-corrected chi connectivity index (χ0v) is 10.8. The third-order valence-corrected chi connectivity index (χ3v) is 3.53. The molecule has 5 heteroatoms. The summed E-state index contributed by atoms with van der Waals surface area (Å²) in [7, 11) is 0. The maximum absolute atomic E-state index is 13.4. The van der Waals surface area contributed by atoms with E-state index in [-0.39, 0.29) is 11.8 Å². The molecule has 3 rings (SSSR count). The summed E-state index contributed by atoms with van der Waals surface area (Å²) in [5.41, 5.74) is 2.39. The molecule has 2 amide bonds. The molecule has 1 aliphatic heterocycles. The van der Waals surface area contributed by atoms with Gasteiger partial charge in [0.05, 0.1) is 6.54 Å². The van der Waals surface area contributed by atoms with Gasteiger partial charge in [-0.25, -0.2) is 9.18 Å². The van der Waals surface area contributed by atoms with Crippen molar-refractivity contribution in [3.63, 3.8) is 0 Å². The molecule has 0 unspecified atom stereocenters. The van der Waals surface area contributed by atoms with E-state index >= 15 is 0 Å². The first-order chi connectivity index (χ1) is 9.13. The van der Waals surface area contributed by atoms with Gasteiger partial charge in [-0.15, -0.1) is 0 Å². The van der Waals surface area contributed by atoms with Crippen LogP contribution in [0.3, 0.4) is 0 Å². The Morgan fingerprint density at radius 3 is 2.89 bits per heavy atom. The number of hydrogen-bond acceptors (Lipinski definition) is 1. The quantitative estimate of drug-likeness (QED) is 0.857. The van der Waals surface area contributed by atoms with E-state index < -0.39 is 0 Å². The van der Waals surface area contributed by atoms with Gasteiger partial charge in [0.15, 0.2) is 0 Å². The van der Waals surface area contributed by atoms with Gasteiger partial charge in [-0.1, -0.05) is 0 Å². The maximum Gasteiger partial charge on any atom is 0.317 e. The second-order valence-electron chi connectivity index (χ2n) is 4.98. The summed E-state index contributed by atoms with van der Waals surface area (Å²) >= 11 is 0. The molecular formula is C14H16FN3O. The van der Waals surface area contributed by atoms with Crippen molar-refractivity contribution in [2.24, 2.45) is 0 Å². The fourth-order valence-electron chi connectivity index (χ4n) is 2.22. The van der Waals surface area contributed by atoms with E-state index in [0.717, 1.165) is 36.1 Å². The predicted octanol–water partition coefficient (Wildman–Crippen LogP) is 2.53. The Hall–Kier alpha value is -2.04. The Balaban J connectivity index is 1.72. The number of carbonyl (C=O) groups is 1. The van der Waals surface area contributed by atoms with Crippen LogP contribution in [0.15, 0.2) is 18.2 Å². The summed E-state index contributed by atoms with van der Waals surface area (Å²) < 4.78 is 13.4. The second-order valence-corrected chi connectivity index (χ2v) is 4.98. The first-order valence-corrected chi connectivity index (χ1v) is 6.44. The van der Waals surface area contributed by atoms with Crippen molar-refractivity contribution in [2.45, 2.75) is 19.9 Å². The zero-order chi connectivity index (χ0) is 13.4. The summed E-state index contributed by atoms with van der Waals surface area (Å²) in [4.78, 5) is 16.6. The molecule has 2 aromatic rings. The number of aryl methyl sites for hydroxylation is 1. The minimum atomic E-state index is -0.206. The number of likely N-dealkylation sites (tertiary alicyclic amines) is 1. The second kappa shape index (κ2) is 4.57. The third-order valence-electron chi connectivity index (χ3n) is 3.53. The SMILES string of the molecule is Cc1cc2[nH]c(CNC(=O)N3CCC3)cc2cc1F. The number of aromatic nitrogens is 1. The van der Waals surface area contributed by atoms with Gasteiger partial charge < -0.3 is 15.2 Å². The van der Waals surface area contributed by atoms with Crippen molar-refractivity contribution in [3.05, 3.63) is 35.3 Å². The van der Waals surface area contributed by atoms with Gasteiger partial charge in [0.2, 0.25) is 0 Å². The van der Waals surface area contributed by atoms with Crippen LogP contribution in [0.25, 0.3) is 10.9 Å². The number of urea groups is 1. The monoisotopic (exact) mass is 261 g/mol. The topological polar surface area (TPSA) is 48.1 Å². The fraction of sp³-hybridized carbons (Fsp3) is 0.357. The van der Waals surface area contributed by atoms with Crippen LogP contribution < -0.4 is 5.32 Å². The molecule has 0 spiro atoms. The van der Waals surface area contributed by atoms with Crippen LogP contribution in [-0.2, 0) is 6.54 Å². The molecule has 1 aromatic heterocycles. The van der Waals surface area contributed by atoms with Crippen molar-refractivity contribution >= 4 is 16.9 Å². The minimum absolute atomic E-state index is 0.0349. The molecular weight excluding hydrogens is 245 g/mol. The molecule has 1 aromatic carbocycles. The Bertz CT molecular complexity index is 592. The molecule has 4 nitrogen and oxygen atoms in total. The average molecular weight is 261 g/mol. The summed E-state index contributed by atoms with van der Waals surface area (Å²) in [5, 5.41) is 3.68. The molecule has 2 N–H and O–H groups in total. The van der Waals surface area contributed by atoms with Crippen LogP contribution in [0.2, 0.25) is 0 Å². The van der Waals surface area contributed by atoms with Crippen LogP contribution in [0.5, 0.6) is 0 Å². The van der Waals surface area contributed by atoms with E-state index in [4.69, 9.17) is 0 Å². The Labute approximate surface area is 110 Å². The lowest BCUT2D eigenvalue weighted by Crippen LogP contribution is -2.47. The van der Waals surface area contributed by atoms with Crippen molar-refractivity contribution in [2.75, 3.05) is 13.1 Å². The molecule has 100 valence electrons. The number of aromatic amines is 1. The lowest BCUT2D eigenvalue weighted by Gasteiger charge is -2.30. The Kier molecular flexibility index (Phi) is 2.89. The number of benzene rings is 1. The third kappa shape index (κ3) is 2.28. The predicted molar refractivity (Wildman–Crippen MR) is 71.4 cm³/mol. The molecule has 2 heterocycles. The standard InChI is InChI=1S/C14H16FN3O/c1-9-5-13-10(7-12(9)15)6-11(17-13)8-16-14(19)18-3-2-4-18/h5-7,17H,2-4,8H2,1H3,(H,16,19). The number of carbonyl (C=O) groups excluding carboxylic acids is 1. The lowest BCUT2D eigenvalue weighted by atomic mass is 10.2. The number of fused-ring (bicyclic) bond motifs is 1. The van der Waals surface area contributed by atoms with E-state index in [2.05, 4.69) is 10.3 Å². The number of halogens is 1. The van der Waals surface area contributed by atoms with Crippen LogP contribution in [0, 0.1) is 12.7 Å². The molecule has 1 saturated heterocycles. The largest absolute Gasteiger partial charge is 0.357 e. The highest BCUT2D eigenvalue weighted by Crippen LogP contribution is 2.19. The average Bonchev–Trinajstić information content (AvgIpc) is 2.67. The van der Waals surface area contributed by atoms with Crippen LogP contribution >= 0.6 is 0 Å². The van der Waals surface area contributed by atoms with Gasteiger partial charge in [-0.2, -0.15) is 0 Å². The molecule has 0 radical (unpaired) electrons. The first-order valence-electron chi connectivity index (χ1n) is 6.44. The molecule has 1 fully saturated rings. The molecule has 0 aliphatic carbocycles. The van der Waals surface area contributed by atoms with E-state index in [1.807, 2.05) is 6.07 Å². The van der Waals surface area contributed by atoms with Crippen LogP contribution in [-0.4, -0.2) is 29.0 Å². The summed E-state index contributed by atoms with van der Waals surface area (Å²) in [6.07, 6.45) is 1.08. The first kappa shape index (κ1) is 12.0. The van der Waals surface area contributed by atoms with Gasteiger partial charge in [0, 0.05) is 29.7 Å². The molecule has 1 aliphatic rings. The fourth-order valence-corrected chi connectivity index (χ4v) is 2.22. The van der Waals surface area contributed by atoms with Gasteiger partial charge in [0.1, 0.15) is 5.82 Å². The number of nitrogens with one attached hydrogen (secondary N) is 2. The van der Waals surface area contributed by atoms with Crippen LogP contribution in [0.1, 0.15) is 17.7 Å². The van der Waals surface area contributed by atoms with E-state index in [9.17, 15) is 9.18 Å². The summed E-state index contributed by atoms with van der Waals surface area (Å²) in [5.74, 6) is -0.206. The van der Waals surface area contributed by atoms with E-state index in [1.54, 1.807) is 17.9 Å². The summed E-state index contributed by atoms with van der Waals surface area (Å²) in [6, 6.07) is 5.13. The van der Waals surface area contributed by atoms with Gasteiger partial charge in [-0.3, -0.25) is 0 Å². The number of nitrogens with zero attached hydrogens (tertiary/aromatic N) is 1. The minimum Gasteiger partial charge on any atom is -0.357 e. The van der Waals surface area contributed by atoms with Gasteiger partial charge in [0.25, 0.3) is 0 Å². The molecule has 0 atom stereocenters. The van der Waals surface area contributed by atoms with Crippen molar-refractivity contribution in [1.82, 2.24) is 15.2 Å². The highest BCUT2D eigenvalue weighted by Gasteiger charge is 2.19. The molecule has 19 heavy (non-hydrogen) atoms. The van der Waals surface area contributed by atoms with Gasteiger partial charge in [-0.05, 0) is 37.1 Å². The smallest absolute Gasteiger partial charge is 0.317 e. The van der Waals surface area contributed by atoms with Crippen molar-refractivity contribution in [1.29, 1.82) is 0 Å². The lowest BCUT2D eigenvalue weighted by molar-refractivity contribution is 0.167. The highest BCUT2D eigenvalue weighted by molar-refractivity contribution is 5.81. The number of rotatable bonds is 2. The van der Waals surface area contributed by atoms with Crippen molar-refractivity contribution in [3.8, 4) is 0 Å². The number of hydrogen-bond donors (Lipinski definition) is 2. The van der Waals surface area contributed by atoms with Gasteiger partial charge >= 0.3 is 6.03 Å². The number of H-pyrrole nitrogens is 1. The number of amides is 2. The van der Waals surface area contributed by atoms with Crippen LogP contribution in [0.4, 0.5) is 9.18 Å². The molecule has 0 bridgehead atoms. The maximum atomic E-state index is 13.4. The Morgan fingerprint density at radius 2 is 2.21 bits per heavy atom. The Morgan fingerprint density at radius 1 is 1.42 bits per heavy atom. The zero-order valence-electron chi connectivity index (χ0n) is 10.8. The van der Waals surface area contributed by atoms with E-state index in [1.165, 1.54) is 6.07 Å². The van der Waals surface area contributed by atoms with Crippen molar-refractivity contribution < 1.29 is 9.18 Å². The summed E-state index contributed by atoms with van der Waals surface area (Å²) in [6.45, 7) is 3.84. The molecule has 0 saturated carbocycles.